The Morgan fingerprint density at radius 3 is 1.74 bits per heavy atom. The molecule has 200 valence electrons. The minimum Gasteiger partial charge on any atom is -0.394 e. The van der Waals surface area contributed by atoms with Crippen LogP contribution in [0.5, 0.6) is 0 Å². The fraction of sp³-hybridized carbons (Fsp3) is 0.828. The number of carbonyl (C=O) groups excluding carboxylic acids is 1. The molecule has 0 fully saturated rings. The highest BCUT2D eigenvalue weighted by Gasteiger charge is 2.26. The molecule has 3 atom stereocenters. The van der Waals surface area contributed by atoms with Crippen LogP contribution in [0, 0.1) is 0 Å². The molecule has 0 aromatic rings. The number of aliphatic hydroxyl groups is 3. The van der Waals surface area contributed by atoms with Crippen LogP contribution in [0.25, 0.3) is 0 Å². The third kappa shape index (κ3) is 20.2. The molecule has 0 spiro atoms. The predicted octanol–water partition coefficient (Wildman–Crippen LogP) is 6.36. The van der Waals surface area contributed by atoms with E-state index in [0.29, 0.717) is 12.8 Å². The van der Waals surface area contributed by atoms with Crippen molar-refractivity contribution in [2.45, 2.75) is 148 Å². The van der Waals surface area contributed by atoms with E-state index in [1.807, 2.05) is 0 Å². The molecule has 3 unspecified atom stereocenters. The summed E-state index contributed by atoms with van der Waals surface area (Å²) in [4.78, 5) is 12.2. The van der Waals surface area contributed by atoms with Crippen LogP contribution in [-0.2, 0) is 4.79 Å². The number of unbranched alkanes of at least 4 members (excludes halogenated alkanes) is 12. The first kappa shape index (κ1) is 32.8. The van der Waals surface area contributed by atoms with Crippen LogP contribution in [0.1, 0.15) is 129 Å². The maximum atomic E-state index is 12.2. The van der Waals surface area contributed by atoms with Crippen LogP contribution in [0.4, 0.5) is 0 Å². The summed E-state index contributed by atoms with van der Waals surface area (Å²) >= 11 is 0. The maximum absolute atomic E-state index is 12.2. The van der Waals surface area contributed by atoms with Gasteiger partial charge in [0.1, 0.15) is 6.10 Å². The van der Waals surface area contributed by atoms with Gasteiger partial charge in [0.25, 0.3) is 0 Å². The molecule has 0 aliphatic rings. The van der Waals surface area contributed by atoms with E-state index < -0.39 is 18.2 Å². The summed E-state index contributed by atoms with van der Waals surface area (Å²) in [5, 5.41) is 32.9. The van der Waals surface area contributed by atoms with E-state index in [9.17, 15) is 20.1 Å². The average molecular weight is 482 g/mol. The Balaban J connectivity index is 3.92. The number of rotatable bonds is 24. The lowest BCUT2D eigenvalue weighted by molar-refractivity contribution is -0.124. The molecule has 0 saturated heterocycles. The third-order valence-electron chi connectivity index (χ3n) is 6.28. The Bertz CT molecular complexity index is 506. The SMILES string of the molecule is CCCCCC/C=C\CCCC(=O)NC(CO)C(O)C(O)CCC/C=C/CCCCCCCC. The van der Waals surface area contributed by atoms with Gasteiger partial charge in [-0.05, 0) is 57.8 Å². The molecule has 0 heterocycles. The van der Waals surface area contributed by atoms with Crippen molar-refractivity contribution in [3.63, 3.8) is 0 Å². The van der Waals surface area contributed by atoms with Gasteiger partial charge in [0.05, 0.1) is 18.8 Å². The van der Waals surface area contributed by atoms with Crippen molar-refractivity contribution >= 4 is 5.91 Å². The lowest BCUT2D eigenvalue weighted by Gasteiger charge is -2.26. The van der Waals surface area contributed by atoms with Crippen molar-refractivity contribution in [2.24, 2.45) is 0 Å². The summed E-state index contributed by atoms with van der Waals surface area (Å²) in [6.07, 6.45) is 25.6. The molecule has 0 radical (unpaired) electrons. The van der Waals surface area contributed by atoms with Gasteiger partial charge in [-0.3, -0.25) is 4.79 Å². The second kappa shape index (κ2) is 24.9. The topological polar surface area (TPSA) is 89.8 Å². The van der Waals surface area contributed by atoms with Gasteiger partial charge < -0.3 is 20.6 Å². The van der Waals surface area contributed by atoms with Gasteiger partial charge in [-0.25, -0.2) is 0 Å². The Labute approximate surface area is 210 Å². The average Bonchev–Trinajstić information content (AvgIpc) is 2.84. The Hall–Kier alpha value is -1.17. The first-order chi connectivity index (χ1) is 16.6. The van der Waals surface area contributed by atoms with E-state index in [1.54, 1.807) is 0 Å². The second-order valence-corrected chi connectivity index (χ2v) is 9.59. The summed E-state index contributed by atoms with van der Waals surface area (Å²) in [5.74, 6) is -0.195. The van der Waals surface area contributed by atoms with Crippen molar-refractivity contribution < 1.29 is 20.1 Å². The van der Waals surface area contributed by atoms with Crippen molar-refractivity contribution in [1.82, 2.24) is 5.32 Å². The zero-order chi connectivity index (χ0) is 25.3. The van der Waals surface area contributed by atoms with Crippen LogP contribution < -0.4 is 5.32 Å². The van der Waals surface area contributed by atoms with Crippen LogP contribution >= 0.6 is 0 Å². The molecule has 5 nitrogen and oxygen atoms in total. The van der Waals surface area contributed by atoms with E-state index in [2.05, 4.69) is 43.5 Å². The van der Waals surface area contributed by atoms with Gasteiger partial charge in [-0.2, -0.15) is 0 Å². The first-order valence-corrected chi connectivity index (χ1v) is 14.1. The number of nitrogens with one attached hydrogen (secondary N) is 1. The van der Waals surface area contributed by atoms with Crippen LogP contribution in [-0.4, -0.2) is 46.1 Å². The van der Waals surface area contributed by atoms with Gasteiger partial charge in [0.15, 0.2) is 0 Å². The number of carbonyl (C=O) groups is 1. The monoisotopic (exact) mass is 481 g/mol. The first-order valence-electron chi connectivity index (χ1n) is 14.1. The van der Waals surface area contributed by atoms with E-state index >= 15 is 0 Å². The molecule has 0 aliphatic carbocycles. The fourth-order valence-electron chi connectivity index (χ4n) is 3.99. The molecule has 0 saturated carbocycles. The third-order valence-corrected chi connectivity index (χ3v) is 6.28. The molecular weight excluding hydrogens is 426 g/mol. The molecule has 1 amide bonds. The molecule has 34 heavy (non-hydrogen) atoms. The molecule has 0 aromatic heterocycles. The molecule has 0 bridgehead atoms. The van der Waals surface area contributed by atoms with Crippen LogP contribution in [0.3, 0.4) is 0 Å². The smallest absolute Gasteiger partial charge is 0.220 e. The van der Waals surface area contributed by atoms with Gasteiger partial charge in [-0.15, -0.1) is 0 Å². The molecule has 0 aromatic carbocycles. The summed E-state index contributed by atoms with van der Waals surface area (Å²) in [6.45, 7) is 4.05. The minimum absolute atomic E-state index is 0.195. The highest BCUT2D eigenvalue weighted by molar-refractivity contribution is 5.76. The van der Waals surface area contributed by atoms with Crippen molar-refractivity contribution in [2.75, 3.05) is 6.61 Å². The van der Waals surface area contributed by atoms with E-state index in [1.165, 1.54) is 64.2 Å². The van der Waals surface area contributed by atoms with E-state index in [-0.39, 0.29) is 12.5 Å². The number of amides is 1. The summed E-state index contributed by atoms with van der Waals surface area (Å²) in [6, 6.07) is -0.833. The number of aliphatic hydroxyl groups excluding tert-OH is 3. The second-order valence-electron chi connectivity index (χ2n) is 9.59. The van der Waals surface area contributed by atoms with Gasteiger partial charge in [0.2, 0.25) is 5.91 Å². The minimum atomic E-state index is -1.16. The zero-order valence-electron chi connectivity index (χ0n) is 22.2. The lowest BCUT2D eigenvalue weighted by Crippen LogP contribution is -2.50. The van der Waals surface area contributed by atoms with Gasteiger partial charge in [-0.1, -0.05) is 89.5 Å². The predicted molar refractivity (Wildman–Crippen MR) is 144 cm³/mol. The standard InChI is InChI=1S/C29H55NO4/c1-3-5-7-9-11-13-14-16-17-19-21-23-27(32)29(34)26(25-31)30-28(33)24-22-20-18-15-12-10-8-6-4-2/h15-18,26-27,29,31-32,34H,3-14,19-25H2,1-2H3,(H,30,33)/b17-16+,18-15-. The molecule has 5 heteroatoms. The summed E-state index contributed by atoms with van der Waals surface area (Å²) < 4.78 is 0. The highest BCUT2D eigenvalue weighted by Crippen LogP contribution is 2.11. The molecule has 0 rings (SSSR count). The Morgan fingerprint density at radius 2 is 1.18 bits per heavy atom. The van der Waals surface area contributed by atoms with E-state index in [4.69, 9.17) is 0 Å². The summed E-state index contributed by atoms with van der Waals surface area (Å²) in [5.41, 5.74) is 0. The number of hydrogen-bond donors (Lipinski definition) is 4. The van der Waals surface area contributed by atoms with Crippen molar-refractivity contribution in [1.29, 1.82) is 0 Å². The highest BCUT2D eigenvalue weighted by atomic mass is 16.3. The zero-order valence-corrected chi connectivity index (χ0v) is 22.2. The normalized spacial score (nSPS) is 14.6. The molecular formula is C29H55NO4. The number of hydrogen-bond acceptors (Lipinski definition) is 4. The van der Waals surface area contributed by atoms with Crippen molar-refractivity contribution in [3.05, 3.63) is 24.3 Å². The molecule has 4 N–H and O–H groups in total. The van der Waals surface area contributed by atoms with Crippen LogP contribution in [0.2, 0.25) is 0 Å². The Kier molecular flexibility index (Phi) is 24.1. The largest absolute Gasteiger partial charge is 0.394 e. The Morgan fingerprint density at radius 1 is 0.706 bits per heavy atom. The lowest BCUT2D eigenvalue weighted by atomic mass is 10.0. The van der Waals surface area contributed by atoms with Crippen LogP contribution in [0.15, 0.2) is 24.3 Å². The summed E-state index contributed by atoms with van der Waals surface area (Å²) in [7, 11) is 0. The van der Waals surface area contributed by atoms with E-state index in [0.717, 1.165) is 38.5 Å². The number of allylic oxidation sites excluding steroid dienone is 4. The maximum Gasteiger partial charge on any atom is 0.220 e. The fourth-order valence-corrected chi connectivity index (χ4v) is 3.99. The quantitative estimate of drug-likeness (QED) is 0.0954. The molecule has 0 aliphatic heterocycles. The van der Waals surface area contributed by atoms with Gasteiger partial charge >= 0.3 is 0 Å². The van der Waals surface area contributed by atoms with Crippen molar-refractivity contribution in [3.8, 4) is 0 Å². The van der Waals surface area contributed by atoms with Gasteiger partial charge in [0, 0.05) is 6.42 Å².